The Morgan fingerprint density at radius 3 is 3.15 bits per heavy atom. The molecule has 0 amide bonds. The van der Waals surface area contributed by atoms with Crippen LogP contribution in [0.5, 0.6) is 10.9 Å². The van der Waals surface area contributed by atoms with E-state index in [1.807, 2.05) is 25.0 Å². The summed E-state index contributed by atoms with van der Waals surface area (Å²) in [4.78, 5) is 15.4. The molecule has 0 N–H and O–H groups in total. The Hall–Kier alpha value is -1.86. The van der Waals surface area contributed by atoms with E-state index in [9.17, 15) is 4.79 Å². The van der Waals surface area contributed by atoms with Gasteiger partial charge in [-0.2, -0.15) is 4.98 Å². The molecule has 20 heavy (non-hydrogen) atoms. The first-order valence-corrected chi connectivity index (χ1v) is 7.01. The van der Waals surface area contributed by atoms with Crippen LogP contribution in [-0.2, 0) is 16.0 Å². The van der Waals surface area contributed by atoms with Crippen LogP contribution in [0, 0.1) is 0 Å². The van der Waals surface area contributed by atoms with E-state index in [1.54, 1.807) is 5.38 Å². The van der Waals surface area contributed by atoms with Crippen molar-refractivity contribution in [2.45, 2.75) is 13.4 Å². The van der Waals surface area contributed by atoms with Crippen LogP contribution in [0.25, 0.3) is 0 Å². The van der Waals surface area contributed by atoms with Crippen molar-refractivity contribution < 1.29 is 18.9 Å². The van der Waals surface area contributed by atoms with Crippen molar-refractivity contribution in [3.05, 3.63) is 34.8 Å². The molecule has 0 unspecified atom stereocenters. The number of hydrogen-bond donors (Lipinski definition) is 0. The fourth-order valence-corrected chi connectivity index (χ4v) is 2.73. The SMILES string of the molecule is COC(=O)c1csc(Oc2ccc3c(c2)COB3C)n1. The number of rotatable bonds is 3. The van der Waals surface area contributed by atoms with Gasteiger partial charge in [-0.05, 0) is 23.2 Å². The summed E-state index contributed by atoms with van der Waals surface area (Å²) in [7, 11) is 1.32. The summed E-state index contributed by atoms with van der Waals surface area (Å²) in [5, 5.41) is 2.03. The highest BCUT2D eigenvalue weighted by molar-refractivity contribution is 7.11. The summed E-state index contributed by atoms with van der Waals surface area (Å²) in [5.41, 5.74) is 2.57. The van der Waals surface area contributed by atoms with Crippen molar-refractivity contribution in [2.75, 3.05) is 7.11 Å². The van der Waals surface area contributed by atoms with Gasteiger partial charge in [-0.3, -0.25) is 0 Å². The number of ether oxygens (including phenoxy) is 2. The predicted molar refractivity (Wildman–Crippen MR) is 76.0 cm³/mol. The van der Waals surface area contributed by atoms with E-state index < -0.39 is 5.97 Å². The zero-order valence-corrected chi connectivity index (χ0v) is 11.9. The number of carbonyl (C=O) groups excluding carboxylic acids is 1. The molecule has 0 bridgehead atoms. The number of nitrogens with zero attached hydrogens (tertiary/aromatic N) is 1. The zero-order chi connectivity index (χ0) is 14.1. The van der Waals surface area contributed by atoms with E-state index in [0.717, 1.165) is 5.56 Å². The molecule has 1 aliphatic rings. The van der Waals surface area contributed by atoms with Crippen LogP contribution < -0.4 is 10.2 Å². The van der Waals surface area contributed by atoms with Crippen LogP contribution in [0.3, 0.4) is 0 Å². The lowest BCUT2D eigenvalue weighted by molar-refractivity contribution is 0.0594. The molecule has 3 rings (SSSR count). The molecule has 0 saturated carbocycles. The number of hydrogen-bond acceptors (Lipinski definition) is 6. The molecule has 2 aromatic rings. The third-order valence-electron chi connectivity index (χ3n) is 3.12. The molecule has 0 spiro atoms. The second-order valence-electron chi connectivity index (χ2n) is 4.41. The summed E-state index contributed by atoms with van der Waals surface area (Å²) in [5.74, 6) is 0.222. The number of fused-ring (bicyclic) bond motifs is 1. The molecule has 2 heterocycles. The zero-order valence-electron chi connectivity index (χ0n) is 11.1. The number of carbonyl (C=O) groups is 1. The molecule has 0 aliphatic carbocycles. The van der Waals surface area contributed by atoms with Crippen molar-refractivity contribution in [3.63, 3.8) is 0 Å². The van der Waals surface area contributed by atoms with Gasteiger partial charge < -0.3 is 14.1 Å². The van der Waals surface area contributed by atoms with Crippen LogP contribution >= 0.6 is 11.3 Å². The first-order chi connectivity index (χ1) is 9.67. The second-order valence-corrected chi connectivity index (χ2v) is 5.23. The quantitative estimate of drug-likeness (QED) is 0.639. The molecule has 1 aliphatic heterocycles. The van der Waals surface area contributed by atoms with Gasteiger partial charge in [-0.25, -0.2) is 4.79 Å². The lowest BCUT2D eigenvalue weighted by Gasteiger charge is -2.04. The van der Waals surface area contributed by atoms with Gasteiger partial charge in [0.25, 0.3) is 5.19 Å². The average Bonchev–Trinajstić information content (AvgIpc) is 3.06. The minimum Gasteiger partial charge on any atom is -0.464 e. The monoisotopic (exact) mass is 289 g/mol. The summed E-state index contributed by atoms with van der Waals surface area (Å²) in [6, 6.07) is 5.82. The smallest absolute Gasteiger partial charge is 0.357 e. The number of methoxy groups -OCH3 is 1. The Morgan fingerprint density at radius 2 is 2.35 bits per heavy atom. The van der Waals surface area contributed by atoms with Gasteiger partial charge >= 0.3 is 12.9 Å². The average molecular weight is 289 g/mol. The van der Waals surface area contributed by atoms with Gasteiger partial charge in [0.05, 0.1) is 13.7 Å². The Balaban J connectivity index is 1.78. The van der Waals surface area contributed by atoms with Gasteiger partial charge in [0.2, 0.25) is 0 Å². The highest BCUT2D eigenvalue weighted by Gasteiger charge is 2.23. The van der Waals surface area contributed by atoms with E-state index in [4.69, 9.17) is 9.39 Å². The van der Waals surface area contributed by atoms with Crippen molar-refractivity contribution in [1.29, 1.82) is 0 Å². The molecule has 5 nitrogen and oxygen atoms in total. The molecule has 1 aromatic heterocycles. The van der Waals surface area contributed by atoms with Crippen LogP contribution in [0.4, 0.5) is 0 Å². The standard InChI is InChI=1S/C13H12BNO4S/c1-14-10-4-3-9(5-8(10)6-18-14)19-13-15-11(7-20-13)12(16)17-2/h3-5,7H,6H2,1-2H3. The van der Waals surface area contributed by atoms with E-state index in [1.165, 1.54) is 23.9 Å². The van der Waals surface area contributed by atoms with Gasteiger partial charge in [0, 0.05) is 5.38 Å². The number of benzene rings is 1. The molecule has 0 radical (unpaired) electrons. The minimum atomic E-state index is -0.465. The topological polar surface area (TPSA) is 57.7 Å². The molecule has 7 heteroatoms. The van der Waals surface area contributed by atoms with Crippen LogP contribution in [0.2, 0.25) is 6.82 Å². The first-order valence-electron chi connectivity index (χ1n) is 6.13. The molecule has 0 fully saturated rings. The highest BCUT2D eigenvalue weighted by Crippen LogP contribution is 2.27. The second kappa shape index (κ2) is 5.26. The van der Waals surface area contributed by atoms with Gasteiger partial charge in [-0.15, -0.1) is 0 Å². The normalized spacial score (nSPS) is 13.2. The maximum atomic E-state index is 11.3. The number of esters is 1. The van der Waals surface area contributed by atoms with Gasteiger partial charge in [0.1, 0.15) is 5.75 Å². The van der Waals surface area contributed by atoms with Crippen LogP contribution in [-0.4, -0.2) is 25.0 Å². The minimum absolute atomic E-state index is 0.129. The molecule has 102 valence electrons. The van der Waals surface area contributed by atoms with Crippen LogP contribution in [0.1, 0.15) is 16.1 Å². The van der Waals surface area contributed by atoms with Crippen molar-refractivity contribution >= 4 is 29.7 Å². The van der Waals surface area contributed by atoms with Crippen molar-refractivity contribution in [2.24, 2.45) is 0 Å². The molecule has 0 saturated heterocycles. The first kappa shape index (κ1) is 13.1. The van der Waals surface area contributed by atoms with Crippen molar-refractivity contribution in [1.82, 2.24) is 4.98 Å². The summed E-state index contributed by atoms with van der Waals surface area (Å²) in [6.45, 7) is 2.75. The van der Waals surface area contributed by atoms with Crippen molar-refractivity contribution in [3.8, 4) is 10.9 Å². The molecular weight excluding hydrogens is 277 g/mol. The fourth-order valence-electron chi connectivity index (χ4n) is 2.08. The Kier molecular flexibility index (Phi) is 3.46. The summed E-state index contributed by atoms with van der Waals surface area (Å²) >= 11 is 1.26. The fraction of sp³-hybridized carbons (Fsp3) is 0.231. The maximum Gasteiger partial charge on any atom is 0.357 e. The number of thiazole rings is 1. The van der Waals surface area contributed by atoms with E-state index >= 15 is 0 Å². The van der Waals surface area contributed by atoms with E-state index in [0.29, 0.717) is 17.6 Å². The third kappa shape index (κ3) is 2.42. The highest BCUT2D eigenvalue weighted by atomic mass is 32.1. The van der Waals surface area contributed by atoms with Crippen LogP contribution in [0.15, 0.2) is 23.6 Å². The summed E-state index contributed by atoms with van der Waals surface area (Å²) < 4.78 is 15.8. The van der Waals surface area contributed by atoms with Gasteiger partial charge in [0.15, 0.2) is 5.69 Å². The Bertz CT molecular complexity index is 658. The molecule has 1 aromatic carbocycles. The lowest BCUT2D eigenvalue weighted by Crippen LogP contribution is -2.23. The summed E-state index contributed by atoms with van der Waals surface area (Å²) in [6.07, 6.45) is 0. The maximum absolute atomic E-state index is 11.3. The van der Waals surface area contributed by atoms with E-state index in [2.05, 4.69) is 9.72 Å². The lowest BCUT2D eigenvalue weighted by atomic mass is 9.64. The van der Waals surface area contributed by atoms with E-state index in [-0.39, 0.29) is 12.6 Å². The largest absolute Gasteiger partial charge is 0.464 e. The predicted octanol–water partition coefficient (Wildman–Crippen LogP) is 2.08. The third-order valence-corrected chi connectivity index (χ3v) is 3.84. The molecule has 0 atom stereocenters. The van der Waals surface area contributed by atoms with Gasteiger partial charge in [-0.1, -0.05) is 24.2 Å². The number of aromatic nitrogens is 1. The Morgan fingerprint density at radius 1 is 1.50 bits per heavy atom. The Labute approximate surface area is 120 Å². The molecular formula is C13H12BNO4S.